The number of hydrogen-bond acceptors (Lipinski definition) is 5. The summed E-state index contributed by atoms with van der Waals surface area (Å²) in [5, 5.41) is 37.1. The van der Waals surface area contributed by atoms with Crippen molar-refractivity contribution in [1.29, 1.82) is 0 Å². The normalized spacial score (nSPS) is 5.68. The molecule has 10 nitrogen and oxygen atoms in total. The van der Waals surface area contributed by atoms with Gasteiger partial charge in [0.05, 0.1) is 0 Å². The van der Waals surface area contributed by atoms with E-state index in [4.69, 9.17) is 49.5 Å². The Morgan fingerprint density at radius 2 is 0.455 bits per heavy atom. The number of aliphatic carboxylic acids is 5. The van der Waals surface area contributed by atoms with Gasteiger partial charge in [0.1, 0.15) is 0 Å². The first-order valence-electron chi connectivity index (χ1n) is 4.64. The zero-order valence-corrected chi connectivity index (χ0v) is 19.2. The van der Waals surface area contributed by atoms with Crippen LogP contribution in [0.25, 0.3) is 0 Å². The molecule has 0 spiro atoms. The molecule has 0 rings (SSSR count). The summed E-state index contributed by atoms with van der Waals surface area (Å²) in [6, 6.07) is 0. The van der Waals surface area contributed by atoms with Crippen molar-refractivity contribution >= 4 is 57.1 Å². The van der Waals surface area contributed by atoms with Crippen molar-refractivity contribution in [3.05, 3.63) is 0 Å². The average molecular weight is 573 g/mol. The van der Waals surface area contributed by atoms with Crippen LogP contribution in [0.4, 0.5) is 0 Å². The third-order valence-electron chi connectivity index (χ3n) is 0. The van der Waals surface area contributed by atoms with E-state index < -0.39 is 29.8 Å². The number of carbonyl (C=O) groups is 5. The molecule has 0 aromatic carbocycles. The second kappa shape index (κ2) is 36.7. The fraction of sp³-hybridized carbons (Fsp3) is 0.500. The van der Waals surface area contributed by atoms with Gasteiger partial charge in [0.2, 0.25) is 0 Å². The standard InChI is InChI=1S/5C2H4O2.Cu.Pb.2H/c5*1-2(3)4;;;;/h5*1H3,(H,3,4);;;;. The van der Waals surface area contributed by atoms with Crippen molar-refractivity contribution in [3.63, 3.8) is 0 Å². The molecule has 0 aliphatic heterocycles. The van der Waals surface area contributed by atoms with E-state index in [1.807, 2.05) is 0 Å². The van der Waals surface area contributed by atoms with Crippen LogP contribution in [0.3, 0.4) is 0 Å². The maximum atomic E-state index is 9.00. The van der Waals surface area contributed by atoms with Crippen molar-refractivity contribution in [3.8, 4) is 0 Å². The van der Waals surface area contributed by atoms with Crippen LogP contribution in [0.5, 0.6) is 0 Å². The molecule has 0 aliphatic rings. The number of carboxylic acids is 5. The van der Waals surface area contributed by atoms with E-state index in [0.717, 1.165) is 34.6 Å². The SMILES string of the molecule is CC(=O)O.CC(=O)O.CC(=O)O.CC(=O)O.CC(=O)O.[Cu].[PbH2]. The Balaban J connectivity index is -0.0000000250. The maximum absolute atomic E-state index is 9.00. The van der Waals surface area contributed by atoms with E-state index in [9.17, 15) is 0 Å². The summed E-state index contributed by atoms with van der Waals surface area (Å²) >= 11 is 0. The molecule has 0 saturated heterocycles. The van der Waals surface area contributed by atoms with Crippen LogP contribution in [0.2, 0.25) is 0 Å². The minimum atomic E-state index is -0.833. The third kappa shape index (κ3) is 4070. The summed E-state index contributed by atoms with van der Waals surface area (Å²) in [7, 11) is 0. The van der Waals surface area contributed by atoms with Gasteiger partial charge in [-0.3, -0.25) is 24.0 Å². The van der Waals surface area contributed by atoms with E-state index in [1.165, 1.54) is 0 Å². The summed E-state index contributed by atoms with van der Waals surface area (Å²) in [6.45, 7) is 5.42. The van der Waals surface area contributed by atoms with Crippen molar-refractivity contribution < 1.29 is 66.6 Å². The van der Waals surface area contributed by atoms with E-state index in [1.54, 1.807) is 0 Å². The quantitative estimate of drug-likeness (QED) is 0.238. The Labute approximate surface area is 158 Å². The Bertz CT molecular complexity index is 216. The summed E-state index contributed by atoms with van der Waals surface area (Å²) in [4.78, 5) is 45.0. The molecule has 0 heterocycles. The van der Waals surface area contributed by atoms with Gasteiger partial charge in [-0.25, -0.2) is 0 Å². The topological polar surface area (TPSA) is 186 Å². The van der Waals surface area contributed by atoms with Crippen molar-refractivity contribution in [2.45, 2.75) is 34.6 Å². The molecule has 3 radical (unpaired) electrons. The first kappa shape index (κ1) is 42.8. The van der Waals surface area contributed by atoms with E-state index in [-0.39, 0.29) is 44.4 Å². The molecule has 0 amide bonds. The van der Waals surface area contributed by atoms with Gasteiger partial charge in [-0.15, -0.1) is 0 Å². The monoisotopic (exact) mass is 573 g/mol. The Morgan fingerprint density at radius 3 is 0.455 bits per heavy atom. The Hall–Kier alpha value is -1.21. The second-order valence-electron chi connectivity index (χ2n) is 2.60. The van der Waals surface area contributed by atoms with Crippen molar-refractivity contribution in [2.24, 2.45) is 0 Å². The zero-order valence-electron chi connectivity index (χ0n) is 12.8. The number of carboxylic acid groups (broad SMARTS) is 5. The summed E-state index contributed by atoms with van der Waals surface area (Å²) in [5.74, 6) is -4.17. The van der Waals surface area contributed by atoms with Crippen molar-refractivity contribution in [2.75, 3.05) is 0 Å². The molecule has 0 saturated carbocycles. The summed E-state index contributed by atoms with van der Waals surface area (Å²) in [6.07, 6.45) is 0. The van der Waals surface area contributed by atoms with Crippen LogP contribution in [-0.2, 0) is 41.0 Å². The summed E-state index contributed by atoms with van der Waals surface area (Å²) < 4.78 is 0. The molecule has 22 heavy (non-hydrogen) atoms. The van der Waals surface area contributed by atoms with Gasteiger partial charge in [0.25, 0.3) is 29.8 Å². The van der Waals surface area contributed by atoms with E-state index >= 15 is 0 Å². The van der Waals surface area contributed by atoms with Crippen LogP contribution in [0.15, 0.2) is 0 Å². The Morgan fingerprint density at radius 1 is 0.455 bits per heavy atom. The van der Waals surface area contributed by atoms with Gasteiger partial charge in [-0.05, 0) is 0 Å². The van der Waals surface area contributed by atoms with Crippen LogP contribution < -0.4 is 0 Å². The van der Waals surface area contributed by atoms with Gasteiger partial charge in [0.15, 0.2) is 0 Å². The number of hydrogen-bond donors (Lipinski definition) is 5. The molecular weight excluding hydrogens is 551 g/mol. The molecule has 0 aromatic heterocycles. The van der Waals surface area contributed by atoms with Gasteiger partial charge < -0.3 is 25.5 Å². The van der Waals surface area contributed by atoms with Crippen LogP contribution >= 0.6 is 0 Å². The van der Waals surface area contributed by atoms with Gasteiger partial charge in [-0.2, -0.15) is 0 Å². The predicted molar refractivity (Wildman–Crippen MR) is 75.1 cm³/mol. The molecule has 12 heteroatoms. The van der Waals surface area contributed by atoms with Crippen molar-refractivity contribution in [1.82, 2.24) is 0 Å². The molecule has 0 aromatic rings. The molecule has 0 aliphatic carbocycles. The predicted octanol–water partition coefficient (Wildman–Crippen LogP) is -0.464. The second-order valence-corrected chi connectivity index (χ2v) is 2.60. The molecule has 0 atom stereocenters. The molecule has 0 bridgehead atoms. The van der Waals surface area contributed by atoms with Gasteiger partial charge in [-0.1, -0.05) is 0 Å². The first-order valence-corrected chi connectivity index (χ1v) is 4.64. The zero-order chi connectivity index (χ0) is 17.9. The van der Waals surface area contributed by atoms with Crippen LogP contribution in [0, 0.1) is 0 Å². The molecule has 5 N–H and O–H groups in total. The fourth-order valence-electron chi connectivity index (χ4n) is 0. The first-order chi connectivity index (χ1) is 8.66. The third-order valence-corrected chi connectivity index (χ3v) is 0. The molecular formula is C10H22CuO10Pb. The fourth-order valence-corrected chi connectivity index (χ4v) is 0. The van der Waals surface area contributed by atoms with E-state index in [0.29, 0.717) is 0 Å². The van der Waals surface area contributed by atoms with Crippen LogP contribution in [0.1, 0.15) is 34.6 Å². The van der Waals surface area contributed by atoms with Gasteiger partial charge >= 0.3 is 27.3 Å². The molecule has 0 fully saturated rings. The Kier molecular flexibility index (Phi) is 71.5. The number of rotatable bonds is 0. The minimum absolute atomic E-state index is 0. The molecule has 0 unspecified atom stereocenters. The van der Waals surface area contributed by atoms with Crippen LogP contribution in [-0.4, -0.2) is 82.7 Å². The van der Waals surface area contributed by atoms with Gasteiger partial charge in [0, 0.05) is 51.7 Å². The van der Waals surface area contributed by atoms with E-state index in [2.05, 4.69) is 0 Å². The summed E-state index contributed by atoms with van der Waals surface area (Å²) in [5.41, 5.74) is 0. The molecule has 137 valence electrons. The average Bonchev–Trinajstić information content (AvgIpc) is 1.94.